The molecule has 4 unspecified atom stereocenters. The second-order valence-electron chi connectivity index (χ2n) is 5.43. The van der Waals surface area contributed by atoms with Crippen LogP contribution in [0.2, 0.25) is 5.02 Å². The molecule has 1 N–H and O–H groups in total. The Balaban J connectivity index is 2.02. The smallest absolute Gasteiger partial charge is 0.0453 e. The van der Waals surface area contributed by atoms with Crippen molar-refractivity contribution in [2.75, 3.05) is 0 Å². The van der Waals surface area contributed by atoms with E-state index in [1.165, 1.54) is 18.4 Å². The van der Waals surface area contributed by atoms with E-state index in [1.54, 1.807) is 0 Å². The first-order chi connectivity index (χ1) is 8.09. The monoisotopic (exact) mass is 251 g/mol. The fourth-order valence-electron chi connectivity index (χ4n) is 2.84. The maximum Gasteiger partial charge on any atom is 0.0453 e. The molecule has 17 heavy (non-hydrogen) atoms. The molecule has 2 rings (SSSR count). The number of nitrogens with one attached hydrogen (secondary N) is 1. The summed E-state index contributed by atoms with van der Waals surface area (Å²) in [5, 5.41) is 4.60. The molecule has 1 saturated carbocycles. The molecule has 0 spiro atoms. The van der Waals surface area contributed by atoms with Gasteiger partial charge < -0.3 is 5.32 Å². The van der Waals surface area contributed by atoms with Crippen LogP contribution in [0.5, 0.6) is 0 Å². The number of hydrogen-bond acceptors (Lipinski definition) is 1. The van der Waals surface area contributed by atoms with Crippen LogP contribution in [0, 0.1) is 11.8 Å². The van der Waals surface area contributed by atoms with Crippen molar-refractivity contribution in [1.29, 1.82) is 0 Å². The van der Waals surface area contributed by atoms with Crippen LogP contribution >= 0.6 is 11.6 Å². The highest BCUT2D eigenvalue weighted by Crippen LogP contribution is 2.33. The van der Waals surface area contributed by atoms with Crippen molar-refractivity contribution < 1.29 is 0 Å². The van der Waals surface area contributed by atoms with Crippen LogP contribution in [0.4, 0.5) is 0 Å². The fourth-order valence-corrected chi connectivity index (χ4v) is 3.14. The summed E-state index contributed by atoms with van der Waals surface area (Å²) in [4.78, 5) is 0. The summed E-state index contributed by atoms with van der Waals surface area (Å²) in [6, 6.07) is 9.09. The topological polar surface area (TPSA) is 12.0 Å². The Bertz CT molecular complexity index is 377. The molecular formula is C15H22ClN. The van der Waals surface area contributed by atoms with Gasteiger partial charge in [0.15, 0.2) is 0 Å². The third-order valence-electron chi connectivity index (χ3n) is 4.30. The molecule has 0 radical (unpaired) electrons. The zero-order chi connectivity index (χ0) is 12.4. The Morgan fingerprint density at radius 2 is 1.94 bits per heavy atom. The minimum atomic E-state index is 0.335. The van der Waals surface area contributed by atoms with Gasteiger partial charge in [-0.3, -0.25) is 0 Å². The average Bonchev–Trinajstić information content (AvgIpc) is 2.61. The minimum absolute atomic E-state index is 0.335. The molecule has 1 aromatic carbocycles. The Hall–Kier alpha value is -0.530. The molecule has 0 saturated heterocycles. The van der Waals surface area contributed by atoms with E-state index in [4.69, 9.17) is 11.6 Å². The highest BCUT2D eigenvalue weighted by molar-refractivity contribution is 6.31. The largest absolute Gasteiger partial charge is 0.307 e. The summed E-state index contributed by atoms with van der Waals surface area (Å²) in [6.07, 6.45) is 2.63. The van der Waals surface area contributed by atoms with Gasteiger partial charge in [-0.05, 0) is 43.2 Å². The third kappa shape index (κ3) is 2.83. The molecule has 0 amide bonds. The van der Waals surface area contributed by atoms with Crippen LogP contribution in [0.15, 0.2) is 24.3 Å². The zero-order valence-electron chi connectivity index (χ0n) is 10.9. The molecule has 4 atom stereocenters. The summed E-state index contributed by atoms with van der Waals surface area (Å²) >= 11 is 6.23. The highest BCUT2D eigenvalue weighted by Gasteiger charge is 2.30. The fraction of sp³-hybridized carbons (Fsp3) is 0.600. The molecule has 0 aromatic heterocycles. The molecule has 1 aliphatic rings. The average molecular weight is 252 g/mol. The Kier molecular flexibility index (Phi) is 4.11. The minimum Gasteiger partial charge on any atom is -0.307 e. The lowest BCUT2D eigenvalue weighted by Gasteiger charge is -2.25. The lowest BCUT2D eigenvalue weighted by Crippen LogP contribution is -2.34. The summed E-state index contributed by atoms with van der Waals surface area (Å²) < 4.78 is 0. The zero-order valence-corrected chi connectivity index (χ0v) is 11.7. The number of benzene rings is 1. The van der Waals surface area contributed by atoms with Crippen molar-refractivity contribution in [3.05, 3.63) is 34.9 Å². The first-order valence-electron chi connectivity index (χ1n) is 6.60. The maximum atomic E-state index is 6.23. The molecule has 1 aliphatic carbocycles. The molecule has 1 aromatic rings. The van der Waals surface area contributed by atoms with E-state index in [1.807, 2.05) is 12.1 Å². The maximum absolute atomic E-state index is 6.23. The predicted molar refractivity (Wildman–Crippen MR) is 74.4 cm³/mol. The van der Waals surface area contributed by atoms with Gasteiger partial charge in [-0.25, -0.2) is 0 Å². The van der Waals surface area contributed by atoms with Crippen molar-refractivity contribution in [1.82, 2.24) is 5.32 Å². The van der Waals surface area contributed by atoms with E-state index in [9.17, 15) is 0 Å². The first-order valence-corrected chi connectivity index (χ1v) is 6.98. The summed E-state index contributed by atoms with van der Waals surface area (Å²) in [6.45, 7) is 6.91. The lowest BCUT2D eigenvalue weighted by molar-refractivity contribution is 0.347. The number of rotatable bonds is 3. The Morgan fingerprint density at radius 1 is 1.24 bits per heavy atom. The van der Waals surface area contributed by atoms with Crippen LogP contribution < -0.4 is 5.32 Å². The SMILES string of the molecule is CC(NC1CCC(C)C1C)c1ccccc1Cl. The van der Waals surface area contributed by atoms with E-state index < -0.39 is 0 Å². The summed E-state index contributed by atoms with van der Waals surface area (Å²) in [5.74, 6) is 1.60. The summed E-state index contributed by atoms with van der Waals surface area (Å²) in [5.41, 5.74) is 1.21. The standard InChI is InChI=1S/C15H22ClN/c1-10-8-9-15(11(10)2)17-12(3)13-6-4-5-7-14(13)16/h4-7,10-12,15,17H,8-9H2,1-3H3. The van der Waals surface area contributed by atoms with E-state index in [0.717, 1.165) is 16.9 Å². The Morgan fingerprint density at radius 3 is 2.53 bits per heavy atom. The van der Waals surface area contributed by atoms with Crippen molar-refractivity contribution in [3.8, 4) is 0 Å². The molecule has 94 valence electrons. The van der Waals surface area contributed by atoms with Gasteiger partial charge in [0.25, 0.3) is 0 Å². The van der Waals surface area contributed by atoms with Crippen LogP contribution in [-0.4, -0.2) is 6.04 Å². The van der Waals surface area contributed by atoms with E-state index in [0.29, 0.717) is 12.1 Å². The molecule has 1 fully saturated rings. The van der Waals surface area contributed by atoms with Gasteiger partial charge in [0.1, 0.15) is 0 Å². The van der Waals surface area contributed by atoms with Gasteiger partial charge in [0.05, 0.1) is 0 Å². The Labute approximate surface area is 110 Å². The van der Waals surface area contributed by atoms with Gasteiger partial charge in [-0.15, -0.1) is 0 Å². The van der Waals surface area contributed by atoms with Crippen LogP contribution in [0.25, 0.3) is 0 Å². The lowest BCUT2D eigenvalue weighted by atomic mass is 9.96. The van der Waals surface area contributed by atoms with Gasteiger partial charge in [-0.1, -0.05) is 43.6 Å². The van der Waals surface area contributed by atoms with Gasteiger partial charge in [0, 0.05) is 17.1 Å². The van der Waals surface area contributed by atoms with Crippen LogP contribution in [0.1, 0.15) is 45.2 Å². The van der Waals surface area contributed by atoms with Crippen LogP contribution in [-0.2, 0) is 0 Å². The van der Waals surface area contributed by atoms with Crippen molar-refractivity contribution in [3.63, 3.8) is 0 Å². The first kappa shape index (κ1) is 12.9. The van der Waals surface area contributed by atoms with Gasteiger partial charge in [0.2, 0.25) is 0 Å². The van der Waals surface area contributed by atoms with Crippen molar-refractivity contribution in [2.45, 2.75) is 45.7 Å². The van der Waals surface area contributed by atoms with E-state index in [-0.39, 0.29) is 0 Å². The number of hydrogen-bond donors (Lipinski definition) is 1. The van der Waals surface area contributed by atoms with Gasteiger partial charge >= 0.3 is 0 Å². The van der Waals surface area contributed by atoms with Crippen molar-refractivity contribution >= 4 is 11.6 Å². The molecule has 2 heteroatoms. The third-order valence-corrected chi connectivity index (χ3v) is 4.65. The molecule has 0 bridgehead atoms. The quantitative estimate of drug-likeness (QED) is 0.838. The van der Waals surface area contributed by atoms with Crippen molar-refractivity contribution in [2.24, 2.45) is 11.8 Å². The molecular weight excluding hydrogens is 230 g/mol. The molecule has 0 heterocycles. The van der Waals surface area contributed by atoms with Gasteiger partial charge in [-0.2, -0.15) is 0 Å². The normalized spacial score (nSPS) is 30.5. The molecule has 0 aliphatic heterocycles. The summed E-state index contributed by atoms with van der Waals surface area (Å²) in [7, 11) is 0. The number of halogens is 1. The van der Waals surface area contributed by atoms with E-state index in [2.05, 4.69) is 38.2 Å². The second-order valence-corrected chi connectivity index (χ2v) is 5.84. The molecule has 1 nitrogen and oxygen atoms in total. The predicted octanol–water partition coefficient (Wildman–Crippen LogP) is 4.43. The van der Waals surface area contributed by atoms with E-state index >= 15 is 0 Å². The highest BCUT2D eigenvalue weighted by atomic mass is 35.5. The second kappa shape index (κ2) is 5.41. The van der Waals surface area contributed by atoms with Crippen LogP contribution in [0.3, 0.4) is 0 Å².